The summed E-state index contributed by atoms with van der Waals surface area (Å²) in [5, 5.41) is 0. The van der Waals surface area contributed by atoms with Crippen LogP contribution in [0.4, 0.5) is 0 Å². The molecule has 66 valence electrons. The number of hydrogen-bond acceptors (Lipinski definition) is 0. The molecule has 0 N–H and O–H groups in total. The summed E-state index contributed by atoms with van der Waals surface area (Å²) in [7, 11) is 1.51. The lowest BCUT2D eigenvalue weighted by molar-refractivity contribution is 0.521. The summed E-state index contributed by atoms with van der Waals surface area (Å²) >= 11 is 0. The second kappa shape index (κ2) is 4.93. The Morgan fingerprint density at radius 1 is 1.36 bits per heavy atom. The fourth-order valence-corrected chi connectivity index (χ4v) is 1.81. The molecule has 0 saturated carbocycles. The number of rotatable bonds is 4. The van der Waals surface area contributed by atoms with Crippen LogP contribution in [-0.4, -0.2) is 12.0 Å². The van der Waals surface area contributed by atoms with Crippen molar-refractivity contribution >= 4 is 14.0 Å². The molecule has 0 heterocycles. The largest absolute Gasteiger partial charge is 0.108 e. The molecule has 1 heteroatoms. The number of hydrogen-bond donors (Lipinski definition) is 0. The van der Waals surface area contributed by atoms with E-state index in [1.165, 1.54) is 20.8 Å². The fourth-order valence-electron chi connectivity index (χ4n) is 0.602. The average Bonchev–Trinajstić information content (AvgIpc) is 1.87. The molecule has 0 aromatic carbocycles. The Labute approximate surface area is 73.2 Å². The van der Waals surface area contributed by atoms with Crippen molar-refractivity contribution in [1.29, 1.82) is 0 Å². The van der Waals surface area contributed by atoms with Gasteiger partial charge in [0.25, 0.3) is 0 Å². The lowest BCUT2D eigenvalue weighted by Gasteiger charge is -2.16. The van der Waals surface area contributed by atoms with Crippen LogP contribution in [0, 0.1) is 11.3 Å². The molecule has 0 spiro atoms. The lowest BCUT2D eigenvalue weighted by Crippen LogP contribution is -2.09. The highest BCUT2D eigenvalue weighted by atomic mass is 31.1. The molecule has 0 aliphatic heterocycles. The van der Waals surface area contributed by atoms with Crippen LogP contribution in [0.25, 0.3) is 0 Å². The normalized spacial score (nSPS) is 13.3. The van der Waals surface area contributed by atoms with E-state index in [-0.39, 0.29) is 0 Å². The van der Waals surface area contributed by atoms with E-state index in [2.05, 4.69) is 40.4 Å². The topological polar surface area (TPSA) is 0 Å². The highest BCUT2D eigenvalue weighted by Gasteiger charge is 2.09. The van der Waals surface area contributed by atoms with Crippen molar-refractivity contribution in [1.82, 2.24) is 0 Å². The quantitative estimate of drug-likeness (QED) is 0.565. The summed E-state index contributed by atoms with van der Waals surface area (Å²) in [6, 6.07) is 0. The molecule has 0 rings (SSSR count). The van der Waals surface area contributed by atoms with Gasteiger partial charge >= 0.3 is 0 Å². The third-order valence-electron chi connectivity index (χ3n) is 1.82. The summed E-state index contributed by atoms with van der Waals surface area (Å²) in [5.41, 5.74) is 0.441. The van der Waals surface area contributed by atoms with Gasteiger partial charge in [0.15, 0.2) is 0 Å². The van der Waals surface area contributed by atoms with Crippen LogP contribution in [0.5, 0.6) is 0 Å². The zero-order valence-electron chi connectivity index (χ0n) is 8.52. The maximum Gasteiger partial charge on any atom is -0.00860 e. The molecular formula is C10H21P. The van der Waals surface area contributed by atoms with Crippen LogP contribution >= 0.6 is 8.20 Å². The van der Waals surface area contributed by atoms with Gasteiger partial charge in [0.2, 0.25) is 0 Å². The molecule has 0 fully saturated rings. The van der Waals surface area contributed by atoms with Gasteiger partial charge in [-0.2, -0.15) is 0 Å². The van der Waals surface area contributed by atoms with Gasteiger partial charge in [-0.15, -0.1) is 8.20 Å². The van der Waals surface area contributed by atoms with Crippen molar-refractivity contribution in [2.45, 2.75) is 41.0 Å². The van der Waals surface area contributed by atoms with Crippen LogP contribution < -0.4 is 0 Å². The maximum absolute atomic E-state index is 2.44. The van der Waals surface area contributed by atoms with Crippen LogP contribution in [0.15, 0.2) is 0 Å². The van der Waals surface area contributed by atoms with Gasteiger partial charge in [-0.1, -0.05) is 40.4 Å². The molecule has 0 aromatic heterocycles. The lowest BCUT2D eigenvalue weighted by atomic mass is 9.94. The molecular weight excluding hydrogens is 151 g/mol. The molecule has 0 atom stereocenters. The Kier molecular flexibility index (Phi) is 5.01. The molecule has 11 heavy (non-hydrogen) atoms. The Bertz CT molecular complexity index is 123. The highest BCUT2D eigenvalue weighted by molar-refractivity contribution is 7.38. The summed E-state index contributed by atoms with van der Waals surface area (Å²) in [6.45, 7) is 11.4. The summed E-state index contributed by atoms with van der Waals surface area (Å²) in [4.78, 5) is 0. The van der Waals surface area contributed by atoms with Crippen molar-refractivity contribution in [3.05, 3.63) is 0 Å². The Morgan fingerprint density at radius 2 is 1.91 bits per heavy atom. The van der Waals surface area contributed by atoms with Gasteiger partial charge < -0.3 is 0 Å². The van der Waals surface area contributed by atoms with Crippen LogP contribution in [0.1, 0.15) is 41.0 Å². The van der Waals surface area contributed by atoms with Crippen LogP contribution in [0.3, 0.4) is 0 Å². The van der Waals surface area contributed by atoms with E-state index >= 15 is 0 Å². The minimum absolute atomic E-state index is 0.441. The maximum atomic E-state index is 2.44. The second-order valence-electron chi connectivity index (χ2n) is 4.23. The van der Waals surface area contributed by atoms with Gasteiger partial charge in [0.1, 0.15) is 0 Å². The van der Waals surface area contributed by atoms with Crippen LogP contribution in [-0.2, 0) is 0 Å². The summed E-state index contributed by atoms with van der Waals surface area (Å²) < 4.78 is 0. The first-order valence-corrected chi connectivity index (χ1v) is 5.64. The smallest absolute Gasteiger partial charge is 0.00860 e. The van der Waals surface area contributed by atoms with E-state index in [4.69, 9.17) is 0 Å². The van der Waals surface area contributed by atoms with Crippen molar-refractivity contribution in [2.24, 2.45) is 11.3 Å². The molecule has 0 unspecified atom stereocenters. The average molecular weight is 172 g/mol. The van der Waals surface area contributed by atoms with E-state index in [0.29, 0.717) is 5.41 Å². The van der Waals surface area contributed by atoms with Gasteiger partial charge in [0.05, 0.1) is 0 Å². The van der Waals surface area contributed by atoms with Crippen molar-refractivity contribution in [3.63, 3.8) is 0 Å². The fraction of sp³-hybridized carbons (Fsp3) is 0.900. The van der Waals surface area contributed by atoms with Gasteiger partial charge in [-0.25, -0.2) is 0 Å². The molecule has 0 aliphatic carbocycles. The third kappa shape index (κ3) is 6.56. The Hall–Kier alpha value is 0.170. The Morgan fingerprint density at radius 3 is 2.27 bits per heavy atom. The van der Waals surface area contributed by atoms with E-state index in [1.807, 2.05) is 0 Å². The molecule has 0 radical (unpaired) electrons. The molecule has 0 aromatic rings. The summed E-state index contributed by atoms with van der Waals surface area (Å²) in [5.74, 6) is 3.27. The molecule has 0 amide bonds. The molecule has 0 nitrogen and oxygen atoms in total. The zero-order chi connectivity index (χ0) is 8.91. The van der Waals surface area contributed by atoms with Crippen LogP contribution in [0.2, 0.25) is 0 Å². The van der Waals surface area contributed by atoms with Gasteiger partial charge in [-0.05, 0) is 23.9 Å². The van der Waals surface area contributed by atoms with Gasteiger partial charge in [-0.3, -0.25) is 0 Å². The molecule has 0 saturated heterocycles. The van der Waals surface area contributed by atoms with E-state index in [0.717, 1.165) is 5.92 Å². The third-order valence-corrected chi connectivity index (χ3v) is 3.65. The summed E-state index contributed by atoms with van der Waals surface area (Å²) in [6.07, 6.45) is 2.56. The first-order chi connectivity index (χ1) is 4.98. The van der Waals surface area contributed by atoms with E-state index in [1.54, 1.807) is 0 Å². The van der Waals surface area contributed by atoms with Gasteiger partial charge in [0, 0.05) is 0 Å². The minimum atomic E-state index is 0.441. The molecule has 0 aliphatic rings. The predicted molar refractivity (Wildman–Crippen MR) is 56.8 cm³/mol. The monoisotopic (exact) mass is 172 g/mol. The van der Waals surface area contributed by atoms with Crippen molar-refractivity contribution in [3.8, 4) is 0 Å². The predicted octanol–water partition coefficient (Wildman–Crippen LogP) is 3.83. The van der Waals surface area contributed by atoms with Crippen molar-refractivity contribution in [2.75, 3.05) is 6.16 Å². The SMILES string of the molecule is CCC(C)(C)C=PCC(C)C. The standard InChI is InChI=1S/C10H21P/c1-6-10(4,5)8-11-7-9(2)3/h8-9H,6-7H2,1-5H3. The minimum Gasteiger partial charge on any atom is -0.108 e. The Balaban J connectivity index is 3.73. The second-order valence-corrected chi connectivity index (χ2v) is 5.22. The van der Waals surface area contributed by atoms with E-state index in [9.17, 15) is 0 Å². The highest BCUT2D eigenvalue weighted by Crippen LogP contribution is 2.20. The van der Waals surface area contributed by atoms with E-state index < -0.39 is 0 Å². The zero-order valence-corrected chi connectivity index (χ0v) is 9.41. The first-order valence-electron chi connectivity index (χ1n) is 4.49. The van der Waals surface area contributed by atoms with Crippen molar-refractivity contribution < 1.29 is 0 Å². The first kappa shape index (κ1) is 11.2. The molecule has 0 bridgehead atoms.